The van der Waals surface area contributed by atoms with E-state index in [-0.39, 0.29) is 42.6 Å². The highest BCUT2D eigenvalue weighted by Crippen LogP contribution is 2.24. The van der Waals surface area contributed by atoms with Crippen molar-refractivity contribution in [1.82, 2.24) is 5.32 Å². The summed E-state index contributed by atoms with van der Waals surface area (Å²) in [7, 11) is 0. The van der Waals surface area contributed by atoms with Gasteiger partial charge in [0.05, 0.1) is 24.7 Å². The summed E-state index contributed by atoms with van der Waals surface area (Å²) in [6, 6.07) is 3.75. The topological polar surface area (TPSA) is 102 Å². The molecule has 7 nitrogen and oxygen atoms in total. The molecule has 1 amide bonds. The predicted octanol–water partition coefficient (Wildman–Crippen LogP) is 0.987. The summed E-state index contributed by atoms with van der Waals surface area (Å²) in [5.74, 6) is -0.399. The Morgan fingerprint density at radius 3 is 2.79 bits per heavy atom. The van der Waals surface area contributed by atoms with Crippen LogP contribution in [0.4, 0.5) is 5.69 Å². The fourth-order valence-corrected chi connectivity index (χ4v) is 1.55. The van der Waals surface area contributed by atoms with Gasteiger partial charge in [0.1, 0.15) is 5.02 Å². The average molecular weight is 289 g/mol. The van der Waals surface area contributed by atoms with Crippen molar-refractivity contribution in [3.05, 3.63) is 38.9 Å². The number of aliphatic hydroxyl groups is 1. The molecule has 1 aromatic carbocycles. The van der Waals surface area contributed by atoms with E-state index in [0.717, 1.165) is 0 Å². The number of benzene rings is 1. The average Bonchev–Trinajstić information content (AvgIpc) is 2.37. The van der Waals surface area contributed by atoms with Crippen molar-refractivity contribution in [1.29, 1.82) is 0 Å². The smallest absolute Gasteiger partial charge is 0.287 e. The largest absolute Gasteiger partial charge is 0.394 e. The van der Waals surface area contributed by atoms with E-state index in [9.17, 15) is 14.9 Å². The van der Waals surface area contributed by atoms with Gasteiger partial charge in [-0.25, -0.2) is 0 Å². The van der Waals surface area contributed by atoms with Gasteiger partial charge in [0.25, 0.3) is 11.6 Å². The van der Waals surface area contributed by atoms with Crippen LogP contribution < -0.4 is 5.32 Å². The van der Waals surface area contributed by atoms with Gasteiger partial charge >= 0.3 is 0 Å². The van der Waals surface area contributed by atoms with Crippen molar-refractivity contribution in [2.75, 3.05) is 26.4 Å². The maximum atomic E-state index is 11.7. The standard InChI is InChI=1S/C11H13ClN2O5/c12-9-7-8(1-2-10(9)14(17)18)11(16)13-3-5-19-6-4-15/h1-2,7,15H,3-6H2,(H,13,16). The molecule has 0 saturated carbocycles. The van der Waals surface area contributed by atoms with Crippen molar-refractivity contribution in [2.45, 2.75) is 0 Å². The Kier molecular flexibility index (Phi) is 6.20. The van der Waals surface area contributed by atoms with Crippen LogP contribution in [0.5, 0.6) is 0 Å². The van der Waals surface area contributed by atoms with Crippen LogP contribution in [0.15, 0.2) is 18.2 Å². The molecular weight excluding hydrogens is 276 g/mol. The highest BCUT2D eigenvalue weighted by Gasteiger charge is 2.14. The van der Waals surface area contributed by atoms with E-state index in [4.69, 9.17) is 21.4 Å². The molecule has 0 aliphatic carbocycles. The number of hydrogen-bond donors (Lipinski definition) is 2. The number of amides is 1. The third kappa shape index (κ3) is 4.82. The highest BCUT2D eigenvalue weighted by molar-refractivity contribution is 6.33. The minimum absolute atomic E-state index is 0.0775. The number of rotatable bonds is 7. The molecule has 0 aliphatic heterocycles. The summed E-state index contributed by atoms with van der Waals surface area (Å²) in [6.45, 7) is 0.672. The lowest BCUT2D eigenvalue weighted by Crippen LogP contribution is -2.27. The molecule has 0 saturated heterocycles. The van der Waals surface area contributed by atoms with Crippen LogP contribution in [-0.4, -0.2) is 42.3 Å². The van der Waals surface area contributed by atoms with E-state index in [0.29, 0.717) is 0 Å². The van der Waals surface area contributed by atoms with Gasteiger partial charge < -0.3 is 15.2 Å². The molecule has 104 valence electrons. The van der Waals surface area contributed by atoms with Crippen LogP contribution in [0.1, 0.15) is 10.4 Å². The first kappa shape index (κ1) is 15.4. The molecule has 0 heterocycles. The van der Waals surface area contributed by atoms with Crippen LogP contribution >= 0.6 is 11.6 Å². The van der Waals surface area contributed by atoms with Crippen LogP contribution in [-0.2, 0) is 4.74 Å². The molecule has 1 rings (SSSR count). The third-order valence-electron chi connectivity index (χ3n) is 2.17. The molecule has 1 aromatic rings. The number of ether oxygens (including phenoxy) is 1. The van der Waals surface area contributed by atoms with Gasteiger partial charge in [0.15, 0.2) is 0 Å². The molecule has 0 fully saturated rings. The lowest BCUT2D eigenvalue weighted by atomic mass is 10.2. The molecule has 0 atom stereocenters. The minimum Gasteiger partial charge on any atom is -0.394 e. The number of nitro benzene ring substituents is 1. The number of hydrogen-bond acceptors (Lipinski definition) is 5. The van der Waals surface area contributed by atoms with Crippen molar-refractivity contribution in [3.8, 4) is 0 Å². The number of carbonyl (C=O) groups excluding carboxylic acids is 1. The van der Waals surface area contributed by atoms with Gasteiger partial charge in [-0.2, -0.15) is 0 Å². The van der Waals surface area contributed by atoms with Gasteiger partial charge in [-0.05, 0) is 12.1 Å². The first-order chi connectivity index (χ1) is 9.06. The number of nitrogens with zero attached hydrogens (tertiary/aromatic N) is 1. The summed E-state index contributed by atoms with van der Waals surface area (Å²) in [4.78, 5) is 21.6. The Balaban J connectivity index is 2.53. The van der Waals surface area contributed by atoms with Crippen molar-refractivity contribution in [2.24, 2.45) is 0 Å². The van der Waals surface area contributed by atoms with E-state index in [2.05, 4.69) is 5.32 Å². The van der Waals surface area contributed by atoms with Gasteiger partial charge in [-0.15, -0.1) is 0 Å². The van der Waals surface area contributed by atoms with E-state index >= 15 is 0 Å². The van der Waals surface area contributed by atoms with Gasteiger partial charge in [0, 0.05) is 18.2 Å². The van der Waals surface area contributed by atoms with Crippen LogP contribution in [0.25, 0.3) is 0 Å². The van der Waals surface area contributed by atoms with Crippen molar-refractivity contribution >= 4 is 23.2 Å². The summed E-state index contributed by atoms with van der Waals surface area (Å²) < 4.78 is 4.96. The fourth-order valence-electron chi connectivity index (χ4n) is 1.30. The Morgan fingerprint density at radius 1 is 1.47 bits per heavy atom. The highest BCUT2D eigenvalue weighted by atomic mass is 35.5. The second kappa shape index (κ2) is 7.67. The molecule has 0 radical (unpaired) electrons. The first-order valence-electron chi connectivity index (χ1n) is 5.47. The summed E-state index contributed by atoms with van der Waals surface area (Å²) >= 11 is 5.70. The minimum atomic E-state index is -0.618. The summed E-state index contributed by atoms with van der Waals surface area (Å²) in [5, 5.41) is 21.5. The Labute approximate surface area is 114 Å². The molecule has 8 heteroatoms. The monoisotopic (exact) mass is 288 g/mol. The number of nitro groups is 1. The van der Waals surface area contributed by atoms with E-state index < -0.39 is 10.8 Å². The number of halogens is 1. The summed E-state index contributed by atoms with van der Waals surface area (Å²) in [6.07, 6.45) is 0. The quantitative estimate of drug-likeness (QED) is 0.442. The number of nitrogens with one attached hydrogen (secondary N) is 1. The Morgan fingerprint density at radius 2 is 2.21 bits per heavy atom. The maximum absolute atomic E-state index is 11.7. The Hall–Kier alpha value is -1.70. The van der Waals surface area contributed by atoms with E-state index in [1.54, 1.807) is 0 Å². The lowest BCUT2D eigenvalue weighted by molar-refractivity contribution is -0.384. The zero-order chi connectivity index (χ0) is 14.3. The first-order valence-corrected chi connectivity index (χ1v) is 5.84. The zero-order valence-corrected chi connectivity index (χ0v) is 10.7. The van der Waals surface area contributed by atoms with Crippen LogP contribution in [0.3, 0.4) is 0 Å². The second-order valence-electron chi connectivity index (χ2n) is 3.52. The molecular formula is C11H13ClN2O5. The lowest BCUT2D eigenvalue weighted by Gasteiger charge is -2.06. The van der Waals surface area contributed by atoms with Gasteiger partial charge in [0.2, 0.25) is 0 Å². The predicted molar refractivity (Wildman–Crippen MR) is 68.3 cm³/mol. The Bertz CT molecular complexity index is 466. The van der Waals surface area contributed by atoms with Crippen LogP contribution in [0.2, 0.25) is 5.02 Å². The fraction of sp³-hybridized carbons (Fsp3) is 0.364. The zero-order valence-electron chi connectivity index (χ0n) is 9.97. The van der Waals surface area contributed by atoms with Gasteiger partial charge in [-0.1, -0.05) is 11.6 Å². The molecule has 2 N–H and O–H groups in total. The second-order valence-corrected chi connectivity index (χ2v) is 3.92. The molecule has 19 heavy (non-hydrogen) atoms. The molecule has 0 unspecified atom stereocenters. The normalized spacial score (nSPS) is 10.2. The molecule has 0 bridgehead atoms. The number of aliphatic hydroxyl groups excluding tert-OH is 1. The maximum Gasteiger partial charge on any atom is 0.287 e. The third-order valence-corrected chi connectivity index (χ3v) is 2.48. The van der Waals surface area contributed by atoms with Crippen molar-refractivity contribution < 1.29 is 19.6 Å². The van der Waals surface area contributed by atoms with Crippen LogP contribution in [0, 0.1) is 10.1 Å². The molecule has 0 aliphatic rings. The molecule has 0 spiro atoms. The SMILES string of the molecule is O=C(NCCOCCO)c1ccc([N+](=O)[O-])c(Cl)c1. The summed E-state index contributed by atoms with van der Waals surface area (Å²) in [5.41, 5.74) is -0.0118. The van der Waals surface area contributed by atoms with Gasteiger partial charge in [-0.3, -0.25) is 14.9 Å². The number of carbonyl (C=O) groups is 1. The molecule has 0 aromatic heterocycles. The van der Waals surface area contributed by atoms with E-state index in [1.165, 1.54) is 18.2 Å². The van der Waals surface area contributed by atoms with E-state index in [1.807, 2.05) is 0 Å². The van der Waals surface area contributed by atoms with Crippen molar-refractivity contribution in [3.63, 3.8) is 0 Å².